The number of amides is 3. The van der Waals surface area contributed by atoms with E-state index < -0.39 is 24.8 Å². The molecule has 0 aromatic rings. The van der Waals surface area contributed by atoms with E-state index in [1.54, 1.807) is 0 Å². The lowest BCUT2D eigenvalue weighted by molar-refractivity contribution is -0.122. The van der Waals surface area contributed by atoms with Crippen molar-refractivity contribution in [1.29, 1.82) is 0 Å². The summed E-state index contributed by atoms with van der Waals surface area (Å²) in [5, 5.41) is 20.1. The Bertz CT molecular complexity index is 267. The minimum atomic E-state index is -1.01. The lowest BCUT2D eigenvalue weighted by atomic mass is 10.0. The first kappa shape index (κ1) is 11.9. The number of carbonyl (C=O) groups excluding carboxylic acids is 2. The van der Waals surface area contributed by atoms with Crippen LogP contribution >= 0.6 is 0 Å². The average Bonchev–Trinajstić information content (AvgIpc) is 2.41. The topological polar surface area (TPSA) is 89.9 Å². The largest absolute Gasteiger partial charge is 0.394 e. The third-order valence-corrected chi connectivity index (χ3v) is 2.35. The van der Waals surface area contributed by atoms with Gasteiger partial charge >= 0.3 is 6.03 Å². The van der Waals surface area contributed by atoms with Gasteiger partial charge in [0.25, 0.3) is 5.91 Å². The molecule has 1 fully saturated rings. The van der Waals surface area contributed by atoms with Gasteiger partial charge in [-0.2, -0.15) is 0 Å². The normalized spacial score (nSPS) is 23.5. The van der Waals surface area contributed by atoms with Crippen molar-refractivity contribution in [3.05, 3.63) is 0 Å². The summed E-state index contributed by atoms with van der Waals surface area (Å²) in [6.45, 7) is 3.18. The van der Waals surface area contributed by atoms with Crippen molar-refractivity contribution >= 4 is 11.9 Å². The van der Waals surface area contributed by atoms with Crippen molar-refractivity contribution in [1.82, 2.24) is 10.2 Å². The molecular formula is C9H16N2O4. The number of nitrogens with zero attached hydrogens (tertiary/aromatic N) is 1. The molecule has 2 unspecified atom stereocenters. The number of carbonyl (C=O) groups is 2. The number of hydrogen-bond donors (Lipinski definition) is 3. The number of nitrogens with one attached hydrogen (secondary N) is 1. The maximum atomic E-state index is 11.4. The molecule has 3 N–H and O–H groups in total. The minimum absolute atomic E-state index is 0.0256. The monoisotopic (exact) mass is 216 g/mol. The van der Waals surface area contributed by atoms with E-state index in [2.05, 4.69) is 5.32 Å². The van der Waals surface area contributed by atoms with Crippen LogP contribution in [0.2, 0.25) is 0 Å². The first-order valence-electron chi connectivity index (χ1n) is 4.87. The quantitative estimate of drug-likeness (QED) is 0.521. The summed E-state index contributed by atoms with van der Waals surface area (Å²) in [7, 11) is 0. The number of β-amino-alcohol motifs (C(OH)–C–C–N with tert-alkyl or cyclic N) is 1. The van der Waals surface area contributed by atoms with E-state index in [4.69, 9.17) is 5.11 Å². The van der Waals surface area contributed by atoms with Gasteiger partial charge in [0.1, 0.15) is 6.04 Å². The molecule has 1 saturated heterocycles. The Morgan fingerprint density at radius 2 is 2.07 bits per heavy atom. The zero-order valence-electron chi connectivity index (χ0n) is 8.80. The maximum Gasteiger partial charge on any atom is 0.324 e. The molecule has 0 saturated carbocycles. The molecule has 0 aliphatic carbocycles. The molecule has 1 heterocycles. The molecule has 0 aromatic carbocycles. The fourth-order valence-corrected chi connectivity index (χ4v) is 1.66. The lowest BCUT2D eigenvalue weighted by Gasteiger charge is -2.25. The van der Waals surface area contributed by atoms with Crippen LogP contribution in [0.15, 0.2) is 0 Å². The Hall–Kier alpha value is -1.14. The van der Waals surface area contributed by atoms with Gasteiger partial charge in [-0.3, -0.25) is 10.1 Å². The first-order valence-corrected chi connectivity index (χ1v) is 4.87. The first-order chi connectivity index (χ1) is 6.97. The summed E-state index contributed by atoms with van der Waals surface area (Å²) in [4.78, 5) is 24.0. The SMILES string of the molecule is CC(C)C1C(=O)NC(=O)N1CC(O)CO. The van der Waals surface area contributed by atoms with Crippen LogP contribution in [0, 0.1) is 5.92 Å². The Labute approximate surface area is 87.9 Å². The van der Waals surface area contributed by atoms with Gasteiger partial charge in [0.2, 0.25) is 0 Å². The van der Waals surface area contributed by atoms with Crippen LogP contribution in [0.4, 0.5) is 4.79 Å². The van der Waals surface area contributed by atoms with E-state index in [9.17, 15) is 14.7 Å². The number of aliphatic hydroxyl groups excluding tert-OH is 2. The van der Waals surface area contributed by atoms with E-state index in [-0.39, 0.29) is 18.4 Å². The van der Waals surface area contributed by atoms with Gasteiger partial charge in [-0.25, -0.2) is 4.79 Å². The summed E-state index contributed by atoms with van der Waals surface area (Å²) < 4.78 is 0. The molecule has 6 heteroatoms. The van der Waals surface area contributed by atoms with Crippen molar-refractivity contribution in [2.45, 2.75) is 26.0 Å². The van der Waals surface area contributed by atoms with Crippen LogP contribution < -0.4 is 5.32 Å². The van der Waals surface area contributed by atoms with Crippen LogP contribution in [0.5, 0.6) is 0 Å². The van der Waals surface area contributed by atoms with Crippen LogP contribution in [-0.4, -0.2) is 52.3 Å². The fourth-order valence-electron chi connectivity index (χ4n) is 1.66. The third-order valence-electron chi connectivity index (χ3n) is 2.35. The standard InChI is InChI=1S/C9H16N2O4/c1-5(2)7-8(14)10-9(15)11(7)3-6(13)4-12/h5-7,12-13H,3-4H2,1-2H3,(H,10,14,15). The number of imide groups is 1. The van der Waals surface area contributed by atoms with Gasteiger partial charge in [-0.1, -0.05) is 13.8 Å². The molecule has 86 valence electrons. The molecule has 2 atom stereocenters. The second-order valence-electron chi connectivity index (χ2n) is 3.97. The van der Waals surface area contributed by atoms with E-state index in [0.717, 1.165) is 0 Å². The van der Waals surface area contributed by atoms with Crippen LogP contribution in [0.3, 0.4) is 0 Å². The Kier molecular flexibility index (Phi) is 3.65. The summed E-state index contributed by atoms with van der Waals surface area (Å²) in [6.07, 6.45) is -1.01. The minimum Gasteiger partial charge on any atom is -0.394 e. The predicted octanol–water partition coefficient (Wildman–Crippen LogP) is -1.08. The molecule has 0 bridgehead atoms. The second-order valence-corrected chi connectivity index (χ2v) is 3.97. The lowest BCUT2D eigenvalue weighted by Crippen LogP contribution is -2.44. The van der Waals surface area contributed by atoms with Gasteiger partial charge in [-0.15, -0.1) is 0 Å². The summed E-state index contributed by atoms with van der Waals surface area (Å²) >= 11 is 0. The zero-order valence-corrected chi connectivity index (χ0v) is 8.80. The molecule has 0 spiro atoms. The molecule has 1 aliphatic heterocycles. The fraction of sp³-hybridized carbons (Fsp3) is 0.778. The highest BCUT2D eigenvalue weighted by atomic mass is 16.3. The van der Waals surface area contributed by atoms with Crippen LogP contribution in [0.25, 0.3) is 0 Å². The summed E-state index contributed by atoms with van der Waals surface area (Å²) in [5.41, 5.74) is 0. The van der Waals surface area contributed by atoms with Crippen molar-refractivity contribution in [3.8, 4) is 0 Å². The highest BCUT2D eigenvalue weighted by Gasteiger charge is 2.40. The number of hydrogen-bond acceptors (Lipinski definition) is 4. The number of rotatable bonds is 4. The van der Waals surface area contributed by atoms with Gasteiger partial charge in [0.05, 0.1) is 19.3 Å². The molecule has 0 radical (unpaired) electrons. The van der Waals surface area contributed by atoms with Gasteiger partial charge in [-0.05, 0) is 5.92 Å². The number of aliphatic hydroxyl groups is 2. The summed E-state index contributed by atoms with van der Waals surface area (Å²) in [5.74, 6) is -0.373. The molecular weight excluding hydrogens is 200 g/mol. The van der Waals surface area contributed by atoms with Crippen LogP contribution in [0.1, 0.15) is 13.8 Å². The highest BCUT2D eigenvalue weighted by molar-refractivity contribution is 6.04. The molecule has 3 amide bonds. The smallest absolute Gasteiger partial charge is 0.324 e. The van der Waals surface area contributed by atoms with E-state index in [0.29, 0.717) is 0 Å². The van der Waals surface area contributed by atoms with Gasteiger partial charge < -0.3 is 15.1 Å². The summed E-state index contributed by atoms with van der Waals surface area (Å²) in [6, 6.07) is -1.06. The Morgan fingerprint density at radius 1 is 1.47 bits per heavy atom. The Morgan fingerprint density at radius 3 is 2.53 bits per heavy atom. The Balaban J connectivity index is 2.74. The van der Waals surface area contributed by atoms with Gasteiger partial charge in [0, 0.05) is 0 Å². The van der Waals surface area contributed by atoms with E-state index in [1.807, 2.05) is 13.8 Å². The average molecular weight is 216 g/mol. The van der Waals surface area contributed by atoms with Crippen LogP contribution in [-0.2, 0) is 4.79 Å². The molecule has 6 nitrogen and oxygen atoms in total. The molecule has 15 heavy (non-hydrogen) atoms. The number of urea groups is 1. The zero-order chi connectivity index (χ0) is 11.6. The molecule has 1 rings (SSSR count). The third kappa shape index (κ3) is 2.45. The van der Waals surface area contributed by atoms with Crippen molar-refractivity contribution in [2.24, 2.45) is 5.92 Å². The predicted molar refractivity (Wildman–Crippen MR) is 52.0 cm³/mol. The maximum absolute atomic E-state index is 11.4. The highest BCUT2D eigenvalue weighted by Crippen LogP contribution is 2.17. The van der Waals surface area contributed by atoms with Crippen molar-refractivity contribution in [2.75, 3.05) is 13.2 Å². The second kappa shape index (κ2) is 4.59. The van der Waals surface area contributed by atoms with E-state index >= 15 is 0 Å². The van der Waals surface area contributed by atoms with Gasteiger partial charge in [0.15, 0.2) is 0 Å². The molecule has 1 aliphatic rings. The van der Waals surface area contributed by atoms with Crippen molar-refractivity contribution < 1.29 is 19.8 Å². The molecule has 0 aromatic heterocycles. The van der Waals surface area contributed by atoms with E-state index in [1.165, 1.54) is 4.90 Å². The van der Waals surface area contributed by atoms with Crippen molar-refractivity contribution in [3.63, 3.8) is 0 Å².